The molecule has 7 nitrogen and oxygen atoms in total. The molecule has 18 heavy (non-hydrogen) atoms. The molecule has 7 heteroatoms. The van der Waals surface area contributed by atoms with Crippen molar-refractivity contribution < 1.29 is 9.94 Å². The average Bonchev–Trinajstić information content (AvgIpc) is 2.67. The van der Waals surface area contributed by atoms with E-state index in [0.717, 1.165) is 5.69 Å². The maximum atomic E-state index is 8.69. The molecule has 2 rings (SSSR count). The lowest BCUT2D eigenvalue weighted by molar-refractivity contribution is 0.318. The summed E-state index contributed by atoms with van der Waals surface area (Å²) in [6, 6.07) is 5.17. The highest BCUT2D eigenvalue weighted by molar-refractivity contribution is 5.97. The standard InChI is InChI=1S/C11H13N5O2/c1-7-6-9(16(2)14-7)18-8-4-3-5-13-10(8)11(12)15-17/h3-6,17H,1-2H3,(H2,12,15). The van der Waals surface area contributed by atoms with Crippen molar-refractivity contribution in [3.05, 3.63) is 35.8 Å². The minimum atomic E-state index is -0.107. The van der Waals surface area contributed by atoms with Crippen molar-refractivity contribution >= 4 is 5.84 Å². The number of rotatable bonds is 3. The van der Waals surface area contributed by atoms with Crippen molar-refractivity contribution in [2.75, 3.05) is 0 Å². The molecular formula is C11H13N5O2. The predicted octanol–water partition coefficient (Wildman–Crippen LogP) is 1.01. The predicted molar refractivity (Wildman–Crippen MR) is 64.8 cm³/mol. The Bertz CT molecular complexity index is 591. The molecule has 0 aliphatic carbocycles. The SMILES string of the molecule is Cc1cc(Oc2cccnc2/C(N)=N/O)n(C)n1. The highest BCUT2D eigenvalue weighted by atomic mass is 16.5. The maximum Gasteiger partial charge on any atom is 0.217 e. The van der Waals surface area contributed by atoms with Crippen LogP contribution in [0.2, 0.25) is 0 Å². The second kappa shape index (κ2) is 4.74. The van der Waals surface area contributed by atoms with Gasteiger partial charge in [-0.3, -0.25) is 0 Å². The number of aromatic nitrogens is 3. The molecule has 0 aromatic carbocycles. The van der Waals surface area contributed by atoms with Crippen molar-refractivity contribution in [1.29, 1.82) is 0 Å². The molecule has 0 bridgehead atoms. The normalized spacial score (nSPS) is 11.6. The van der Waals surface area contributed by atoms with Crippen molar-refractivity contribution in [2.24, 2.45) is 17.9 Å². The minimum absolute atomic E-state index is 0.107. The lowest BCUT2D eigenvalue weighted by Gasteiger charge is -2.08. The van der Waals surface area contributed by atoms with E-state index in [1.54, 1.807) is 29.9 Å². The fraction of sp³-hybridized carbons (Fsp3) is 0.182. The van der Waals surface area contributed by atoms with Gasteiger partial charge in [0.25, 0.3) is 0 Å². The van der Waals surface area contributed by atoms with Crippen LogP contribution in [0, 0.1) is 6.92 Å². The monoisotopic (exact) mass is 247 g/mol. The van der Waals surface area contributed by atoms with E-state index in [1.807, 2.05) is 6.92 Å². The fourth-order valence-electron chi connectivity index (χ4n) is 1.51. The topological polar surface area (TPSA) is 98.5 Å². The molecule has 3 N–H and O–H groups in total. The third-order valence-corrected chi connectivity index (χ3v) is 2.29. The molecule has 2 aromatic rings. The van der Waals surface area contributed by atoms with Gasteiger partial charge in [0, 0.05) is 19.3 Å². The molecule has 2 aromatic heterocycles. The number of nitrogens with zero attached hydrogens (tertiary/aromatic N) is 4. The molecule has 0 fully saturated rings. The van der Waals surface area contributed by atoms with Gasteiger partial charge < -0.3 is 15.7 Å². The van der Waals surface area contributed by atoms with Crippen LogP contribution in [0.25, 0.3) is 0 Å². The molecule has 0 aliphatic heterocycles. The lowest BCUT2D eigenvalue weighted by atomic mass is 10.3. The Labute approximate surface area is 104 Å². The molecule has 0 spiro atoms. The summed E-state index contributed by atoms with van der Waals surface area (Å²) >= 11 is 0. The third kappa shape index (κ3) is 2.24. The van der Waals surface area contributed by atoms with Gasteiger partial charge in [0.05, 0.1) is 5.69 Å². The van der Waals surface area contributed by atoms with E-state index in [0.29, 0.717) is 11.6 Å². The first-order valence-corrected chi connectivity index (χ1v) is 5.23. The number of hydrogen-bond acceptors (Lipinski definition) is 5. The summed E-state index contributed by atoms with van der Waals surface area (Å²) in [6.07, 6.45) is 1.54. The second-order valence-electron chi connectivity index (χ2n) is 3.69. The van der Waals surface area contributed by atoms with Crippen LogP contribution < -0.4 is 10.5 Å². The summed E-state index contributed by atoms with van der Waals surface area (Å²) in [5.74, 6) is 0.841. The molecule has 0 saturated carbocycles. The van der Waals surface area contributed by atoms with E-state index in [-0.39, 0.29) is 11.5 Å². The Morgan fingerprint density at radius 3 is 2.94 bits per heavy atom. The summed E-state index contributed by atoms with van der Waals surface area (Å²) in [5.41, 5.74) is 6.64. The van der Waals surface area contributed by atoms with Gasteiger partial charge in [-0.25, -0.2) is 9.67 Å². The highest BCUT2D eigenvalue weighted by Gasteiger charge is 2.12. The zero-order valence-corrected chi connectivity index (χ0v) is 10.0. The summed E-state index contributed by atoms with van der Waals surface area (Å²) in [7, 11) is 1.77. The largest absolute Gasteiger partial charge is 0.437 e. The quantitative estimate of drug-likeness (QED) is 0.365. The highest BCUT2D eigenvalue weighted by Crippen LogP contribution is 2.23. The first-order valence-electron chi connectivity index (χ1n) is 5.23. The molecule has 0 amide bonds. The Morgan fingerprint density at radius 1 is 1.56 bits per heavy atom. The molecule has 0 saturated heterocycles. The van der Waals surface area contributed by atoms with Crippen molar-refractivity contribution in [2.45, 2.75) is 6.92 Å². The number of pyridine rings is 1. The van der Waals surface area contributed by atoms with Gasteiger partial charge >= 0.3 is 0 Å². The number of amidine groups is 1. The molecule has 0 atom stereocenters. The van der Waals surface area contributed by atoms with Gasteiger partial charge in [-0.2, -0.15) is 5.10 Å². The molecule has 2 heterocycles. The fourth-order valence-corrected chi connectivity index (χ4v) is 1.51. The number of oxime groups is 1. The number of nitrogens with two attached hydrogens (primary N) is 1. The average molecular weight is 247 g/mol. The number of hydrogen-bond donors (Lipinski definition) is 2. The summed E-state index contributed by atoms with van der Waals surface area (Å²) in [5, 5.41) is 15.8. The van der Waals surface area contributed by atoms with E-state index in [1.165, 1.54) is 6.20 Å². The van der Waals surface area contributed by atoms with E-state index in [4.69, 9.17) is 15.7 Å². The maximum absolute atomic E-state index is 8.69. The second-order valence-corrected chi connectivity index (χ2v) is 3.69. The first kappa shape index (κ1) is 11.9. The van der Waals surface area contributed by atoms with E-state index in [9.17, 15) is 0 Å². The van der Waals surface area contributed by atoms with Gasteiger partial charge in [0.2, 0.25) is 5.88 Å². The smallest absolute Gasteiger partial charge is 0.217 e. The van der Waals surface area contributed by atoms with Crippen LogP contribution in [0.1, 0.15) is 11.4 Å². The Morgan fingerprint density at radius 2 is 2.33 bits per heavy atom. The van der Waals surface area contributed by atoms with Crippen molar-refractivity contribution in [3.63, 3.8) is 0 Å². The first-order chi connectivity index (χ1) is 8.61. The number of ether oxygens (including phenoxy) is 1. The van der Waals surface area contributed by atoms with E-state index in [2.05, 4.69) is 15.2 Å². The minimum Gasteiger partial charge on any atom is -0.437 e. The van der Waals surface area contributed by atoms with Gasteiger partial charge in [0.1, 0.15) is 0 Å². The van der Waals surface area contributed by atoms with Crippen LogP contribution in [-0.2, 0) is 7.05 Å². The third-order valence-electron chi connectivity index (χ3n) is 2.29. The summed E-state index contributed by atoms with van der Waals surface area (Å²) in [6.45, 7) is 1.86. The Balaban J connectivity index is 2.38. The lowest BCUT2D eigenvalue weighted by Crippen LogP contribution is -2.16. The zero-order chi connectivity index (χ0) is 13.1. The Kier molecular flexibility index (Phi) is 3.13. The molecule has 94 valence electrons. The van der Waals surface area contributed by atoms with Crippen LogP contribution in [0.5, 0.6) is 11.6 Å². The van der Waals surface area contributed by atoms with Crippen molar-refractivity contribution in [3.8, 4) is 11.6 Å². The molecule has 0 radical (unpaired) electrons. The van der Waals surface area contributed by atoms with Crippen LogP contribution in [-0.4, -0.2) is 25.8 Å². The van der Waals surface area contributed by atoms with Crippen LogP contribution in [0.15, 0.2) is 29.6 Å². The van der Waals surface area contributed by atoms with Crippen LogP contribution >= 0.6 is 0 Å². The summed E-state index contributed by atoms with van der Waals surface area (Å²) in [4.78, 5) is 4.01. The van der Waals surface area contributed by atoms with E-state index >= 15 is 0 Å². The zero-order valence-electron chi connectivity index (χ0n) is 10.0. The van der Waals surface area contributed by atoms with Gasteiger partial charge in [-0.05, 0) is 19.1 Å². The van der Waals surface area contributed by atoms with Gasteiger partial charge in [0.15, 0.2) is 17.3 Å². The molecular weight excluding hydrogens is 234 g/mol. The van der Waals surface area contributed by atoms with Gasteiger partial charge in [-0.15, -0.1) is 0 Å². The Hall–Kier alpha value is -2.57. The van der Waals surface area contributed by atoms with Gasteiger partial charge in [-0.1, -0.05) is 5.16 Å². The molecule has 0 aliphatic rings. The van der Waals surface area contributed by atoms with Crippen LogP contribution in [0.3, 0.4) is 0 Å². The van der Waals surface area contributed by atoms with Crippen LogP contribution in [0.4, 0.5) is 0 Å². The van der Waals surface area contributed by atoms with Crippen molar-refractivity contribution in [1.82, 2.24) is 14.8 Å². The molecule has 0 unspecified atom stereocenters. The summed E-state index contributed by atoms with van der Waals surface area (Å²) < 4.78 is 7.25. The number of aryl methyl sites for hydroxylation is 2. The van der Waals surface area contributed by atoms with E-state index < -0.39 is 0 Å².